The van der Waals surface area contributed by atoms with Gasteiger partial charge < -0.3 is 16.0 Å². The number of carbonyl (C=O) groups is 1. The predicted octanol–water partition coefficient (Wildman–Crippen LogP) is 1.02. The average Bonchev–Trinajstić information content (AvgIpc) is 2.55. The number of rotatable bonds is 6. The maximum absolute atomic E-state index is 11.3. The van der Waals surface area contributed by atoms with E-state index in [0.29, 0.717) is 25.2 Å². The fraction of sp³-hybridized carbons (Fsp3) is 0.923. The van der Waals surface area contributed by atoms with E-state index in [9.17, 15) is 4.79 Å². The summed E-state index contributed by atoms with van der Waals surface area (Å²) in [4.78, 5) is 11.3. The molecule has 17 heavy (non-hydrogen) atoms. The Kier molecular flexibility index (Phi) is 7.21. The molecule has 1 aliphatic heterocycles. The Morgan fingerprint density at radius 3 is 3.00 bits per heavy atom. The van der Waals surface area contributed by atoms with Gasteiger partial charge in [-0.3, -0.25) is 4.79 Å². The molecule has 0 aromatic heterocycles. The molecule has 1 saturated heterocycles. The lowest BCUT2D eigenvalue weighted by Crippen LogP contribution is -2.41. The number of nitrogens with one attached hydrogen (secondary N) is 3. The van der Waals surface area contributed by atoms with Crippen molar-refractivity contribution in [3.8, 4) is 0 Å². The lowest BCUT2D eigenvalue weighted by Gasteiger charge is -2.21. The second-order valence-electron chi connectivity index (χ2n) is 4.97. The van der Waals surface area contributed by atoms with Gasteiger partial charge in [0, 0.05) is 18.6 Å². The minimum atomic E-state index is 0.0909. The van der Waals surface area contributed by atoms with Gasteiger partial charge in [-0.05, 0) is 39.7 Å². The Morgan fingerprint density at radius 1 is 1.41 bits per heavy atom. The molecule has 0 aromatic carbocycles. The highest BCUT2D eigenvalue weighted by Crippen LogP contribution is 2.12. The topological polar surface area (TPSA) is 53.2 Å². The largest absolute Gasteiger partial charge is 0.355 e. The molecule has 1 heterocycles. The van der Waals surface area contributed by atoms with Crippen LogP contribution < -0.4 is 16.0 Å². The Hall–Kier alpha value is -0.610. The summed E-state index contributed by atoms with van der Waals surface area (Å²) in [6, 6.07) is 1.02. The average molecular weight is 241 g/mol. The van der Waals surface area contributed by atoms with Crippen LogP contribution in [0.2, 0.25) is 0 Å². The Bertz CT molecular complexity index is 213. The molecule has 0 spiro atoms. The zero-order valence-corrected chi connectivity index (χ0v) is 11.2. The van der Waals surface area contributed by atoms with E-state index in [1.807, 2.05) is 6.92 Å². The van der Waals surface area contributed by atoms with Crippen LogP contribution in [0.4, 0.5) is 0 Å². The number of amides is 1. The van der Waals surface area contributed by atoms with Crippen molar-refractivity contribution < 1.29 is 4.79 Å². The van der Waals surface area contributed by atoms with Crippen molar-refractivity contribution in [1.29, 1.82) is 0 Å². The molecule has 3 N–H and O–H groups in total. The van der Waals surface area contributed by atoms with Crippen molar-refractivity contribution in [2.75, 3.05) is 19.6 Å². The van der Waals surface area contributed by atoms with E-state index in [1.54, 1.807) is 0 Å². The first-order valence-corrected chi connectivity index (χ1v) is 6.95. The summed E-state index contributed by atoms with van der Waals surface area (Å²) in [5.41, 5.74) is 0. The van der Waals surface area contributed by atoms with E-state index < -0.39 is 0 Å². The lowest BCUT2D eigenvalue weighted by atomic mass is 10.0. The van der Waals surface area contributed by atoms with Crippen LogP contribution in [0.15, 0.2) is 0 Å². The van der Waals surface area contributed by atoms with Crippen molar-refractivity contribution in [3.63, 3.8) is 0 Å². The molecule has 4 heteroatoms. The molecule has 0 aromatic rings. The van der Waals surface area contributed by atoms with Crippen LogP contribution in [0.1, 0.15) is 46.0 Å². The monoisotopic (exact) mass is 241 g/mol. The number of likely N-dealkylation sites (N-methyl/N-ethyl adjacent to an activating group) is 1. The molecule has 100 valence electrons. The third kappa shape index (κ3) is 6.64. The second kappa shape index (κ2) is 8.48. The minimum Gasteiger partial charge on any atom is -0.355 e. The highest BCUT2D eigenvalue weighted by Gasteiger charge is 2.14. The van der Waals surface area contributed by atoms with Crippen LogP contribution in [0.5, 0.6) is 0 Å². The van der Waals surface area contributed by atoms with Crippen LogP contribution in [0.25, 0.3) is 0 Å². The highest BCUT2D eigenvalue weighted by molar-refractivity contribution is 5.77. The van der Waals surface area contributed by atoms with Crippen LogP contribution in [-0.2, 0) is 4.79 Å². The summed E-state index contributed by atoms with van der Waals surface area (Å²) >= 11 is 0. The predicted molar refractivity (Wildman–Crippen MR) is 71.0 cm³/mol. The molecule has 0 aliphatic carbocycles. The van der Waals surface area contributed by atoms with E-state index in [-0.39, 0.29) is 5.91 Å². The van der Waals surface area contributed by atoms with Crippen LogP contribution in [-0.4, -0.2) is 37.6 Å². The quantitative estimate of drug-likeness (QED) is 0.651. The van der Waals surface area contributed by atoms with E-state index in [0.717, 1.165) is 13.0 Å². The van der Waals surface area contributed by atoms with Gasteiger partial charge in [0.25, 0.3) is 0 Å². The number of hydrogen-bond donors (Lipinski definition) is 3. The smallest absolute Gasteiger partial charge is 0.233 e. The van der Waals surface area contributed by atoms with Crippen LogP contribution >= 0.6 is 0 Å². The Morgan fingerprint density at radius 2 is 2.24 bits per heavy atom. The van der Waals surface area contributed by atoms with Crippen molar-refractivity contribution in [3.05, 3.63) is 0 Å². The standard InChI is InChI=1S/C13H27N3O/c1-3-14-13(17)10-16-11(2)9-12-7-5-4-6-8-15-12/h11-12,15-16H,3-10H2,1-2H3,(H,14,17). The van der Waals surface area contributed by atoms with E-state index >= 15 is 0 Å². The first-order chi connectivity index (χ1) is 8.22. The van der Waals surface area contributed by atoms with E-state index in [2.05, 4.69) is 22.9 Å². The third-order valence-electron chi connectivity index (χ3n) is 3.29. The van der Waals surface area contributed by atoms with Gasteiger partial charge in [0.2, 0.25) is 5.91 Å². The molecule has 0 saturated carbocycles. The Labute approximate surface area is 105 Å². The molecule has 0 bridgehead atoms. The van der Waals surface area contributed by atoms with Gasteiger partial charge in [-0.25, -0.2) is 0 Å². The van der Waals surface area contributed by atoms with Gasteiger partial charge in [-0.2, -0.15) is 0 Å². The van der Waals surface area contributed by atoms with Gasteiger partial charge in [0.05, 0.1) is 6.54 Å². The molecule has 1 rings (SSSR count). The maximum atomic E-state index is 11.3. The fourth-order valence-corrected chi connectivity index (χ4v) is 2.34. The number of carbonyl (C=O) groups excluding carboxylic acids is 1. The highest BCUT2D eigenvalue weighted by atomic mass is 16.1. The molecule has 2 unspecified atom stereocenters. The van der Waals surface area contributed by atoms with Crippen molar-refractivity contribution in [2.24, 2.45) is 0 Å². The zero-order chi connectivity index (χ0) is 12.5. The van der Waals surface area contributed by atoms with E-state index in [1.165, 1.54) is 25.7 Å². The van der Waals surface area contributed by atoms with Gasteiger partial charge in [0.1, 0.15) is 0 Å². The number of hydrogen-bond acceptors (Lipinski definition) is 3. The Balaban J connectivity index is 2.14. The summed E-state index contributed by atoms with van der Waals surface area (Å²) in [6.45, 7) is 6.39. The van der Waals surface area contributed by atoms with Gasteiger partial charge >= 0.3 is 0 Å². The molecular formula is C13H27N3O. The second-order valence-corrected chi connectivity index (χ2v) is 4.97. The summed E-state index contributed by atoms with van der Waals surface area (Å²) < 4.78 is 0. The van der Waals surface area contributed by atoms with Crippen molar-refractivity contribution >= 4 is 5.91 Å². The van der Waals surface area contributed by atoms with Crippen molar-refractivity contribution in [2.45, 2.75) is 58.0 Å². The van der Waals surface area contributed by atoms with Gasteiger partial charge in [-0.1, -0.05) is 12.8 Å². The summed E-state index contributed by atoms with van der Waals surface area (Å²) in [5.74, 6) is 0.0909. The first-order valence-electron chi connectivity index (χ1n) is 6.95. The fourth-order valence-electron chi connectivity index (χ4n) is 2.34. The first kappa shape index (κ1) is 14.5. The maximum Gasteiger partial charge on any atom is 0.233 e. The molecule has 2 atom stereocenters. The SMILES string of the molecule is CCNC(=O)CNC(C)CC1CCCCCN1. The third-order valence-corrected chi connectivity index (χ3v) is 3.29. The minimum absolute atomic E-state index is 0.0909. The van der Waals surface area contributed by atoms with Crippen molar-refractivity contribution in [1.82, 2.24) is 16.0 Å². The summed E-state index contributed by atoms with van der Waals surface area (Å²) in [5, 5.41) is 9.67. The van der Waals surface area contributed by atoms with Gasteiger partial charge in [0.15, 0.2) is 0 Å². The molecule has 1 amide bonds. The van der Waals surface area contributed by atoms with Gasteiger partial charge in [-0.15, -0.1) is 0 Å². The molecule has 1 fully saturated rings. The molecule has 0 radical (unpaired) electrons. The summed E-state index contributed by atoms with van der Waals surface area (Å²) in [7, 11) is 0. The van der Waals surface area contributed by atoms with Crippen LogP contribution in [0.3, 0.4) is 0 Å². The zero-order valence-electron chi connectivity index (χ0n) is 11.2. The normalized spacial score (nSPS) is 22.8. The summed E-state index contributed by atoms with van der Waals surface area (Å²) in [6.07, 6.45) is 6.37. The molecule has 4 nitrogen and oxygen atoms in total. The molecular weight excluding hydrogens is 214 g/mol. The van der Waals surface area contributed by atoms with Crippen LogP contribution in [0, 0.1) is 0 Å². The lowest BCUT2D eigenvalue weighted by molar-refractivity contribution is -0.120. The van der Waals surface area contributed by atoms with E-state index in [4.69, 9.17) is 0 Å². The molecule has 1 aliphatic rings.